The highest BCUT2D eigenvalue weighted by Crippen LogP contribution is 2.37. The molecule has 1 unspecified atom stereocenters. The maximum atomic E-state index is 12.8. The topological polar surface area (TPSA) is 33.4 Å². The van der Waals surface area contributed by atoms with Crippen LogP contribution < -0.4 is 0 Å². The van der Waals surface area contributed by atoms with Gasteiger partial charge >= 0.3 is 6.18 Å². The van der Waals surface area contributed by atoms with Crippen molar-refractivity contribution in [3.63, 3.8) is 0 Å². The van der Waals surface area contributed by atoms with E-state index in [2.05, 4.69) is 15.9 Å². The van der Waals surface area contributed by atoms with Crippen molar-refractivity contribution in [2.45, 2.75) is 25.6 Å². The monoisotopic (exact) mass is 348 g/mol. The molecule has 0 saturated carbocycles. The molecule has 0 fully saturated rings. The standard InChI is InChI=1S/C14H12BrF3O2/c1-8(19)6-10-3-5-13(20-10)9-2-4-12(15)11(7-9)14(16,17)18/h2-5,7-8,19H,6H2,1H3. The first-order valence-corrected chi connectivity index (χ1v) is 6.70. The fraction of sp³-hybridized carbons (Fsp3) is 0.286. The lowest BCUT2D eigenvalue weighted by Gasteiger charge is -2.10. The van der Waals surface area contributed by atoms with Gasteiger partial charge in [-0.15, -0.1) is 0 Å². The van der Waals surface area contributed by atoms with Gasteiger partial charge in [-0.3, -0.25) is 0 Å². The molecule has 6 heteroatoms. The molecule has 0 saturated heterocycles. The zero-order valence-corrected chi connectivity index (χ0v) is 12.1. The smallest absolute Gasteiger partial charge is 0.417 e. The molecule has 0 aliphatic heterocycles. The normalized spacial score (nSPS) is 13.5. The zero-order chi connectivity index (χ0) is 14.9. The van der Waals surface area contributed by atoms with E-state index in [0.29, 0.717) is 23.5 Å². The summed E-state index contributed by atoms with van der Waals surface area (Å²) in [6.45, 7) is 1.61. The van der Waals surface area contributed by atoms with Crippen molar-refractivity contribution < 1.29 is 22.7 Å². The van der Waals surface area contributed by atoms with Gasteiger partial charge in [-0.05, 0) is 31.2 Å². The van der Waals surface area contributed by atoms with Crippen molar-refractivity contribution >= 4 is 15.9 Å². The van der Waals surface area contributed by atoms with Crippen LogP contribution >= 0.6 is 15.9 Å². The van der Waals surface area contributed by atoms with Crippen LogP contribution in [0.1, 0.15) is 18.2 Å². The summed E-state index contributed by atoms with van der Waals surface area (Å²) in [6, 6.07) is 7.17. The molecule has 0 aliphatic rings. The Labute approximate surface area is 122 Å². The second-order valence-electron chi connectivity index (χ2n) is 4.51. The van der Waals surface area contributed by atoms with E-state index in [0.717, 1.165) is 6.07 Å². The Morgan fingerprint density at radius 2 is 1.95 bits per heavy atom. The third-order valence-corrected chi connectivity index (χ3v) is 3.41. The molecule has 1 atom stereocenters. The Bertz CT molecular complexity index is 603. The lowest BCUT2D eigenvalue weighted by Crippen LogP contribution is -2.06. The van der Waals surface area contributed by atoms with Crippen molar-refractivity contribution in [3.8, 4) is 11.3 Å². The third-order valence-electron chi connectivity index (χ3n) is 2.71. The van der Waals surface area contributed by atoms with E-state index in [1.807, 2.05) is 0 Å². The number of furan rings is 1. The Hall–Kier alpha value is -1.27. The van der Waals surface area contributed by atoms with Gasteiger partial charge in [-0.25, -0.2) is 0 Å². The van der Waals surface area contributed by atoms with Gasteiger partial charge in [-0.2, -0.15) is 13.2 Å². The highest BCUT2D eigenvalue weighted by atomic mass is 79.9. The molecule has 108 valence electrons. The van der Waals surface area contributed by atoms with E-state index in [1.54, 1.807) is 25.1 Å². The van der Waals surface area contributed by atoms with E-state index in [1.165, 1.54) is 6.07 Å². The fourth-order valence-electron chi connectivity index (χ4n) is 1.83. The van der Waals surface area contributed by atoms with Crippen LogP contribution in [0, 0.1) is 0 Å². The van der Waals surface area contributed by atoms with E-state index in [-0.39, 0.29) is 4.47 Å². The van der Waals surface area contributed by atoms with Crippen molar-refractivity contribution in [2.75, 3.05) is 0 Å². The first kappa shape index (κ1) is 15.1. The molecule has 2 aromatic rings. The largest absolute Gasteiger partial charge is 0.461 e. The summed E-state index contributed by atoms with van der Waals surface area (Å²) < 4.78 is 43.9. The summed E-state index contributed by atoms with van der Waals surface area (Å²) in [5, 5.41) is 9.26. The second-order valence-corrected chi connectivity index (χ2v) is 5.37. The summed E-state index contributed by atoms with van der Waals surface area (Å²) in [6.07, 6.45) is -4.67. The predicted molar refractivity (Wildman–Crippen MR) is 72.2 cm³/mol. The van der Waals surface area contributed by atoms with Crippen molar-refractivity contribution in [2.24, 2.45) is 0 Å². The minimum Gasteiger partial charge on any atom is -0.461 e. The summed E-state index contributed by atoms with van der Waals surface area (Å²) in [4.78, 5) is 0. The fourth-order valence-corrected chi connectivity index (χ4v) is 2.30. The van der Waals surface area contributed by atoms with Crippen LogP contribution in [0.5, 0.6) is 0 Å². The predicted octanol–water partition coefficient (Wildman–Crippen LogP) is 4.65. The summed E-state index contributed by atoms with van der Waals surface area (Å²) in [7, 11) is 0. The Kier molecular flexibility index (Phi) is 4.25. The summed E-state index contributed by atoms with van der Waals surface area (Å²) >= 11 is 2.89. The van der Waals surface area contributed by atoms with Crippen molar-refractivity contribution in [3.05, 3.63) is 46.1 Å². The number of aliphatic hydroxyl groups is 1. The average molecular weight is 349 g/mol. The van der Waals surface area contributed by atoms with Gasteiger partial charge in [0.25, 0.3) is 0 Å². The van der Waals surface area contributed by atoms with Crippen LogP contribution in [0.2, 0.25) is 0 Å². The number of hydrogen-bond acceptors (Lipinski definition) is 2. The maximum absolute atomic E-state index is 12.8. The second kappa shape index (κ2) is 5.61. The van der Waals surface area contributed by atoms with Gasteiger partial charge in [0.2, 0.25) is 0 Å². The summed E-state index contributed by atoms with van der Waals surface area (Å²) in [5.41, 5.74) is -0.402. The molecule has 2 nitrogen and oxygen atoms in total. The number of halogens is 4. The molecule has 1 aromatic carbocycles. The van der Waals surface area contributed by atoms with Crippen molar-refractivity contribution in [1.29, 1.82) is 0 Å². The first-order chi connectivity index (χ1) is 9.27. The molecule has 0 radical (unpaired) electrons. The molecule has 1 N–H and O–H groups in total. The van der Waals surface area contributed by atoms with E-state index in [4.69, 9.17) is 4.42 Å². The molecule has 0 spiro atoms. The van der Waals surface area contributed by atoms with E-state index < -0.39 is 17.8 Å². The molecule has 1 heterocycles. The Morgan fingerprint density at radius 1 is 1.25 bits per heavy atom. The molecule has 1 aromatic heterocycles. The lowest BCUT2D eigenvalue weighted by molar-refractivity contribution is -0.138. The van der Waals surface area contributed by atoms with Gasteiger partial charge in [0, 0.05) is 16.5 Å². The van der Waals surface area contributed by atoms with Gasteiger partial charge < -0.3 is 9.52 Å². The molecule has 20 heavy (non-hydrogen) atoms. The highest BCUT2D eigenvalue weighted by Gasteiger charge is 2.33. The number of benzene rings is 1. The third kappa shape index (κ3) is 3.43. The molecule has 0 bridgehead atoms. The molecular weight excluding hydrogens is 337 g/mol. The van der Waals surface area contributed by atoms with Crippen LogP contribution in [-0.2, 0) is 12.6 Å². The average Bonchev–Trinajstić information content (AvgIpc) is 2.75. The minimum absolute atomic E-state index is 0.00971. The Morgan fingerprint density at radius 3 is 2.55 bits per heavy atom. The van der Waals surface area contributed by atoms with Gasteiger partial charge in [0.05, 0.1) is 11.7 Å². The van der Waals surface area contributed by atoms with Crippen LogP contribution in [-0.4, -0.2) is 11.2 Å². The van der Waals surface area contributed by atoms with E-state index >= 15 is 0 Å². The lowest BCUT2D eigenvalue weighted by atomic mass is 10.1. The minimum atomic E-state index is -4.43. The quantitative estimate of drug-likeness (QED) is 0.875. The van der Waals surface area contributed by atoms with Crippen LogP contribution in [0.3, 0.4) is 0 Å². The molecular formula is C14H12BrF3O2. The number of aliphatic hydroxyl groups excluding tert-OH is 1. The molecule has 0 aliphatic carbocycles. The van der Waals surface area contributed by atoms with Crippen LogP contribution in [0.25, 0.3) is 11.3 Å². The summed E-state index contributed by atoms with van der Waals surface area (Å²) in [5.74, 6) is 0.880. The first-order valence-electron chi connectivity index (χ1n) is 5.91. The van der Waals surface area contributed by atoms with Crippen LogP contribution in [0.15, 0.2) is 39.2 Å². The number of hydrogen-bond donors (Lipinski definition) is 1. The zero-order valence-electron chi connectivity index (χ0n) is 10.5. The highest BCUT2D eigenvalue weighted by molar-refractivity contribution is 9.10. The SMILES string of the molecule is CC(O)Cc1ccc(-c2ccc(Br)c(C(F)(F)F)c2)o1. The molecule has 2 rings (SSSR count). The maximum Gasteiger partial charge on any atom is 0.417 e. The van der Waals surface area contributed by atoms with Gasteiger partial charge in [-0.1, -0.05) is 22.0 Å². The van der Waals surface area contributed by atoms with E-state index in [9.17, 15) is 18.3 Å². The van der Waals surface area contributed by atoms with Crippen LogP contribution in [0.4, 0.5) is 13.2 Å². The number of alkyl halides is 3. The van der Waals surface area contributed by atoms with Crippen molar-refractivity contribution in [1.82, 2.24) is 0 Å². The van der Waals surface area contributed by atoms with Gasteiger partial charge in [0.15, 0.2) is 0 Å². The molecule has 0 amide bonds. The van der Waals surface area contributed by atoms with Gasteiger partial charge in [0.1, 0.15) is 11.5 Å². The Balaban J connectivity index is 2.36. The number of rotatable bonds is 3.